The van der Waals surface area contributed by atoms with Gasteiger partial charge < -0.3 is 5.11 Å². The van der Waals surface area contributed by atoms with E-state index in [9.17, 15) is 14.4 Å². The highest BCUT2D eigenvalue weighted by Gasteiger charge is 2.14. The van der Waals surface area contributed by atoms with Gasteiger partial charge in [0.25, 0.3) is 0 Å². The highest BCUT2D eigenvalue weighted by atomic mass is 32.2. The van der Waals surface area contributed by atoms with Crippen LogP contribution in [0.2, 0.25) is 0 Å². The van der Waals surface area contributed by atoms with Gasteiger partial charge in [-0.05, 0) is 17.4 Å². The Morgan fingerprint density at radius 3 is 2.08 bits per heavy atom. The maximum Gasteiger partial charge on any atom is 0.372 e. The molecule has 122 valence electrons. The minimum Gasteiger partial charge on any atom is -0.475 e. The van der Waals surface area contributed by atoms with E-state index in [-0.39, 0.29) is 12.2 Å². The summed E-state index contributed by atoms with van der Waals surface area (Å²) in [5.41, 5.74) is 2.56. The van der Waals surface area contributed by atoms with Crippen molar-refractivity contribution >= 4 is 29.3 Å². The molecule has 0 bridgehead atoms. The summed E-state index contributed by atoms with van der Waals surface area (Å²) in [4.78, 5) is 34.5. The second-order valence-corrected chi connectivity index (χ2v) is 5.83. The van der Waals surface area contributed by atoms with Crippen molar-refractivity contribution in [1.82, 2.24) is 0 Å². The molecule has 0 radical (unpaired) electrons. The fourth-order valence-corrected chi connectivity index (χ4v) is 2.68. The molecule has 0 saturated heterocycles. The standard InChI is InChI=1S/C19H16O4S/c1-24-17(12-11-16(20)19(22)23)18(21)15-9-7-14(8-10-15)13-5-3-2-4-6-13/h2-10,12H,11H2,1H3,(H,22,23). The van der Waals surface area contributed by atoms with Gasteiger partial charge in [-0.2, -0.15) is 0 Å². The number of aliphatic carboxylic acids is 1. The number of hydrogen-bond donors (Lipinski definition) is 1. The highest BCUT2D eigenvalue weighted by molar-refractivity contribution is 8.03. The second-order valence-electron chi connectivity index (χ2n) is 4.98. The van der Waals surface area contributed by atoms with Crippen LogP contribution in [0.3, 0.4) is 0 Å². The molecule has 2 aromatic rings. The Bertz CT molecular complexity index is 777. The second kappa shape index (κ2) is 8.26. The van der Waals surface area contributed by atoms with Crippen molar-refractivity contribution in [1.29, 1.82) is 0 Å². The molecule has 2 rings (SSSR count). The highest BCUT2D eigenvalue weighted by Crippen LogP contribution is 2.23. The first-order chi connectivity index (χ1) is 11.5. The lowest BCUT2D eigenvalue weighted by Gasteiger charge is -2.06. The number of benzene rings is 2. The summed E-state index contributed by atoms with van der Waals surface area (Å²) in [6.45, 7) is 0. The van der Waals surface area contributed by atoms with Gasteiger partial charge in [0, 0.05) is 12.0 Å². The molecule has 24 heavy (non-hydrogen) atoms. The number of carbonyl (C=O) groups excluding carboxylic acids is 2. The molecule has 0 fully saturated rings. The average molecular weight is 340 g/mol. The van der Waals surface area contributed by atoms with Gasteiger partial charge >= 0.3 is 5.97 Å². The van der Waals surface area contributed by atoms with Crippen molar-refractivity contribution in [3.8, 4) is 11.1 Å². The zero-order valence-corrected chi connectivity index (χ0v) is 13.9. The molecule has 2 aromatic carbocycles. The normalized spacial score (nSPS) is 11.1. The fourth-order valence-electron chi connectivity index (χ4n) is 2.13. The zero-order chi connectivity index (χ0) is 17.5. The van der Waals surface area contributed by atoms with Crippen molar-refractivity contribution in [3.63, 3.8) is 0 Å². The summed E-state index contributed by atoms with van der Waals surface area (Å²) in [5, 5.41) is 8.59. The maximum atomic E-state index is 12.5. The van der Waals surface area contributed by atoms with E-state index in [1.165, 1.54) is 17.8 Å². The number of carboxylic acids is 1. The van der Waals surface area contributed by atoms with Gasteiger partial charge in [0.05, 0.1) is 4.91 Å². The Labute approximate surface area is 144 Å². The number of carbonyl (C=O) groups is 3. The van der Waals surface area contributed by atoms with Gasteiger partial charge in [-0.1, -0.05) is 60.7 Å². The molecular weight excluding hydrogens is 324 g/mol. The third kappa shape index (κ3) is 4.43. The number of ketones is 2. The maximum absolute atomic E-state index is 12.5. The monoisotopic (exact) mass is 340 g/mol. The predicted octanol–water partition coefficient (Wildman–Crippen LogP) is 3.83. The van der Waals surface area contributed by atoms with E-state index in [1.807, 2.05) is 42.5 Å². The van der Waals surface area contributed by atoms with Crippen LogP contribution < -0.4 is 0 Å². The van der Waals surface area contributed by atoms with Crippen molar-refractivity contribution in [2.75, 3.05) is 6.26 Å². The summed E-state index contributed by atoms with van der Waals surface area (Å²) in [7, 11) is 0. The van der Waals surface area contributed by atoms with Crippen LogP contribution >= 0.6 is 11.8 Å². The number of thioether (sulfide) groups is 1. The lowest BCUT2D eigenvalue weighted by molar-refractivity contribution is -0.148. The van der Waals surface area contributed by atoms with Gasteiger partial charge in [0.1, 0.15) is 0 Å². The average Bonchev–Trinajstić information content (AvgIpc) is 2.62. The molecule has 0 aliphatic carbocycles. The van der Waals surface area contributed by atoms with Gasteiger partial charge in [-0.15, -0.1) is 11.8 Å². The molecule has 0 aliphatic heterocycles. The van der Waals surface area contributed by atoms with Gasteiger partial charge in [0.15, 0.2) is 5.78 Å². The number of allylic oxidation sites excluding steroid dienone is 2. The van der Waals surface area contributed by atoms with Crippen molar-refractivity contribution < 1.29 is 19.5 Å². The van der Waals surface area contributed by atoms with Crippen LogP contribution in [0.25, 0.3) is 11.1 Å². The van der Waals surface area contributed by atoms with Crippen LogP contribution in [0.15, 0.2) is 65.6 Å². The Balaban J connectivity index is 2.17. The number of carboxylic acid groups (broad SMARTS) is 1. The molecule has 5 heteroatoms. The molecule has 0 unspecified atom stereocenters. The summed E-state index contributed by atoms with van der Waals surface area (Å²) >= 11 is 1.19. The summed E-state index contributed by atoms with van der Waals surface area (Å²) in [6, 6.07) is 17.0. The first kappa shape index (κ1) is 17.7. The van der Waals surface area contributed by atoms with Crippen molar-refractivity contribution in [2.24, 2.45) is 0 Å². The van der Waals surface area contributed by atoms with Gasteiger partial charge in [-0.25, -0.2) is 4.79 Å². The van der Waals surface area contributed by atoms with E-state index < -0.39 is 11.8 Å². The smallest absolute Gasteiger partial charge is 0.372 e. The van der Waals surface area contributed by atoms with Crippen LogP contribution in [0.5, 0.6) is 0 Å². The Hall–Kier alpha value is -2.66. The molecule has 0 spiro atoms. The number of hydrogen-bond acceptors (Lipinski definition) is 4. The molecule has 0 aromatic heterocycles. The summed E-state index contributed by atoms with van der Waals surface area (Å²) in [5.74, 6) is -2.65. The quantitative estimate of drug-likeness (QED) is 0.471. The van der Waals surface area contributed by atoms with Crippen molar-refractivity contribution in [3.05, 3.63) is 71.1 Å². The first-order valence-corrected chi connectivity index (χ1v) is 8.46. The minimum absolute atomic E-state index is 0.222. The van der Waals surface area contributed by atoms with Crippen LogP contribution in [-0.2, 0) is 9.59 Å². The molecule has 0 saturated carbocycles. The molecule has 1 N–H and O–H groups in total. The van der Waals surface area contributed by atoms with E-state index in [0.717, 1.165) is 11.1 Å². The molecular formula is C19H16O4S. The first-order valence-electron chi connectivity index (χ1n) is 7.23. The van der Waals surface area contributed by atoms with E-state index in [2.05, 4.69) is 0 Å². The molecule has 4 nitrogen and oxygen atoms in total. The zero-order valence-electron chi connectivity index (χ0n) is 13.1. The Morgan fingerprint density at radius 2 is 1.54 bits per heavy atom. The van der Waals surface area contributed by atoms with Crippen molar-refractivity contribution in [2.45, 2.75) is 6.42 Å². The number of rotatable bonds is 7. The third-order valence-corrected chi connectivity index (χ3v) is 4.20. The Kier molecular flexibility index (Phi) is 6.09. The van der Waals surface area contributed by atoms with Gasteiger partial charge in [-0.3, -0.25) is 9.59 Å². The van der Waals surface area contributed by atoms with E-state index in [1.54, 1.807) is 18.4 Å². The predicted molar refractivity (Wildman–Crippen MR) is 95.1 cm³/mol. The van der Waals surface area contributed by atoms with E-state index in [4.69, 9.17) is 5.11 Å². The lowest BCUT2D eigenvalue weighted by atomic mass is 10.0. The van der Waals surface area contributed by atoms with Gasteiger partial charge in [0.2, 0.25) is 5.78 Å². The SMILES string of the molecule is CSC(=CCC(=O)C(=O)O)C(=O)c1ccc(-c2ccccc2)cc1. The Morgan fingerprint density at radius 1 is 0.958 bits per heavy atom. The molecule has 0 amide bonds. The van der Waals surface area contributed by atoms with Crippen LogP contribution in [0.1, 0.15) is 16.8 Å². The molecule has 0 heterocycles. The fraction of sp³-hybridized carbons (Fsp3) is 0.105. The van der Waals surface area contributed by atoms with E-state index in [0.29, 0.717) is 10.5 Å². The molecule has 0 atom stereocenters. The van der Waals surface area contributed by atoms with Crippen LogP contribution in [0.4, 0.5) is 0 Å². The van der Waals surface area contributed by atoms with Crippen LogP contribution in [0, 0.1) is 0 Å². The third-order valence-electron chi connectivity index (χ3n) is 3.41. The largest absolute Gasteiger partial charge is 0.475 e. The van der Waals surface area contributed by atoms with E-state index >= 15 is 0 Å². The lowest BCUT2D eigenvalue weighted by Crippen LogP contribution is -2.11. The molecule has 0 aliphatic rings. The van der Waals surface area contributed by atoms with Crippen LogP contribution in [-0.4, -0.2) is 28.9 Å². The summed E-state index contributed by atoms with van der Waals surface area (Å²) < 4.78 is 0. The topological polar surface area (TPSA) is 71.4 Å². The number of Topliss-reactive ketones (excluding diaryl/α,β-unsaturated/α-hetero) is 2. The minimum atomic E-state index is -1.49. The summed E-state index contributed by atoms with van der Waals surface area (Å²) in [6.07, 6.45) is 2.79.